The third-order valence-corrected chi connectivity index (χ3v) is 2.02. The lowest BCUT2D eigenvalue weighted by atomic mass is 10.1. The maximum Gasteiger partial charge on any atom is 0.339 e. The molecule has 0 amide bonds. The molecule has 6 nitrogen and oxygen atoms in total. The monoisotopic (exact) mass is 235 g/mol. The van der Waals surface area contributed by atoms with E-state index in [9.17, 15) is 19.7 Å². The molecule has 0 unspecified atom stereocenters. The van der Waals surface area contributed by atoms with Crippen molar-refractivity contribution in [3.63, 3.8) is 0 Å². The molecule has 0 saturated carbocycles. The van der Waals surface area contributed by atoms with E-state index in [0.717, 1.165) is 6.92 Å². The lowest BCUT2D eigenvalue weighted by molar-refractivity contribution is -0.384. The number of nitro benzene ring substituents is 1. The van der Waals surface area contributed by atoms with Crippen molar-refractivity contribution in [1.82, 2.24) is 0 Å². The van der Waals surface area contributed by atoms with Crippen LogP contribution in [0.4, 0.5) is 5.69 Å². The van der Waals surface area contributed by atoms with Crippen molar-refractivity contribution in [2.75, 3.05) is 0 Å². The van der Waals surface area contributed by atoms with Crippen LogP contribution in [0.15, 0.2) is 29.8 Å². The number of carboxylic acid groups (broad SMARTS) is 1. The largest absolute Gasteiger partial charge is 0.478 e. The van der Waals surface area contributed by atoms with Crippen molar-refractivity contribution >= 4 is 23.5 Å². The molecule has 17 heavy (non-hydrogen) atoms. The van der Waals surface area contributed by atoms with E-state index >= 15 is 0 Å². The summed E-state index contributed by atoms with van der Waals surface area (Å²) in [7, 11) is 0. The molecule has 1 aromatic carbocycles. The molecule has 0 atom stereocenters. The quantitative estimate of drug-likeness (QED) is 0.281. The first-order chi connectivity index (χ1) is 7.91. The van der Waals surface area contributed by atoms with Gasteiger partial charge in [-0.05, 0) is 30.7 Å². The number of non-ortho nitro benzene ring substituents is 1. The summed E-state index contributed by atoms with van der Waals surface area (Å²) in [4.78, 5) is 31.6. The molecular weight excluding hydrogens is 226 g/mol. The molecule has 0 aliphatic heterocycles. The smallest absolute Gasteiger partial charge is 0.339 e. The highest BCUT2D eigenvalue weighted by Gasteiger charge is 2.12. The number of carbonyl (C=O) groups excluding carboxylic acids is 1. The van der Waals surface area contributed by atoms with Gasteiger partial charge in [0, 0.05) is 12.1 Å². The number of rotatable bonds is 4. The summed E-state index contributed by atoms with van der Waals surface area (Å²) in [6.07, 6.45) is 1.17. The van der Waals surface area contributed by atoms with Crippen LogP contribution < -0.4 is 0 Å². The number of ketones is 1. The minimum Gasteiger partial charge on any atom is -0.478 e. The summed E-state index contributed by atoms with van der Waals surface area (Å²) in [5.74, 6) is -1.90. The highest BCUT2D eigenvalue weighted by molar-refractivity contribution is 6.19. The predicted octanol–water partition coefficient (Wildman–Crippen LogP) is 1.65. The average molecular weight is 235 g/mol. The number of Topliss-reactive ketones (excluding diaryl/α,β-unsaturated/α-hetero) is 1. The Morgan fingerprint density at radius 1 is 1.29 bits per heavy atom. The molecule has 0 bridgehead atoms. The van der Waals surface area contributed by atoms with Gasteiger partial charge in [0.15, 0.2) is 5.78 Å². The number of carboxylic acids is 1. The van der Waals surface area contributed by atoms with E-state index in [2.05, 4.69) is 0 Å². The summed E-state index contributed by atoms with van der Waals surface area (Å²) in [6, 6.07) is 5.24. The van der Waals surface area contributed by atoms with E-state index in [1.807, 2.05) is 0 Å². The first-order valence-electron chi connectivity index (χ1n) is 4.62. The van der Waals surface area contributed by atoms with Gasteiger partial charge in [0.1, 0.15) is 5.57 Å². The van der Waals surface area contributed by atoms with Crippen LogP contribution in [0.5, 0.6) is 0 Å². The normalized spacial score (nSPS) is 11.0. The molecular formula is C11H9NO5. The zero-order valence-electron chi connectivity index (χ0n) is 8.91. The number of hydrogen-bond acceptors (Lipinski definition) is 4. The summed E-state index contributed by atoms with van der Waals surface area (Å²) >= 11 is 0. The highest BCUT2D eigenvalue weighted by Crippen LogP contribution is 2.14. The molecule has 0 radical (unpaired) electrons. The number of hydrogen-bond donors (Lipinski definition) is 1. The van der Waals surface area contributed by atoms with Crippen LogP contribution >= 0.6 is 0 Å². The minimum atomic E-state index is -1.32. The second-order valence-corrected chi connectivity index (χ2v) is 3.27. The summed E-state index contributed by atoms with van der Waals surface area (Å²) < 4.78 is 0. The van der Waals surface area contributed by atoms with Crippen molar-refractivity contribution in [3.8, 4) is 0 Å². The maximum atomic E-state index is 11.0. The van der Waals surface area contributed by atoms with Crippen LogP contribution in [0.2, 0.25) is 0 Å². The second kappa shape index (κ2) is 5.02. The van der Waals surface area contributed by atoms with Crippen molar-refractivity contribution in [1.29, 1.82) is 0 Å². The average Bonchev–Trinajstić information content (AvgIpc) is 2.25. The van der Waals surface area contributed by atoms with Gasteiger partial charge in [0.2, 0.25) is 0 Å². The van der Waals surface area contributed by atoms with Gasteiger partial charge in [0.25, 0.3) is 5.69 Å². The Kier molecular flexibility index (Phi) is 3.71. The molecule has 0 aliphatic carbocycles. The Labute approximate surface area is 96.3 Å². The lowest BCUT2D eigenvalue weighted by Gasteiger charge is -1.97. The molecule has 0 aliphatic rings. The zero-order valence-corrected chi connectivity index (χ0v) is 8.91. The number of nitro groups is 1. The summed E-state index contributed by atoms with van der Waals surface area (Å²) in [6.45, 7) is 1.14. The van der Waals surface area contributed by atoms with Gasteiger partial charge in [-0.15, -0.1) is 0 Å². The van der Waals surface area contributed by atoms with Crippen molar-refractivity contribution in [3.05, 3.63) is 45.5 Å². The van der Waals surface area contributed by atoms with Crippen LogP contribution in [-0.4, -0.2) is 21.8 Å². The Morgan fingerprint density at radius 2 is 1.82 bits per heavy atom. The van der Waals surface area contributed by atoms with Gasteiger partial charge in [-0.1, -0.05) is 0 Å². The molecule has 0 aromatic heterocycles. The molecule has 88 valence electrons. The van der Waals surface area contributed by atoms with Crippen LogP contribution in [0.3, 0.4) is 0 Å². The second-order valence-electron chi connectivity index (χ2n) is 3.27. The lowest BCUT2D eigenvalue weighted by Crippen LogP contribution is -2.08. The van der Waals surface area contributed by atoms with E-state index in [-0.39, 0.29) is 11.3 Å². The molecule has 1 aromatic rings. The van der Waals surface area contributed by atoms with E-state index in [1.54, 1.807) is 0 Å². The molecule has 0 heterocycles. The van der Waals surface area contributed by atoms with Gasteiger partial charge >= 0.3 is 5.97 Å². The summed E-state index contributed by atoms with van der Waals surface area (Å²) in [5.41, 5.74) is -0.0381. The highest BCUT2D eigenvalue weighted by atomic mass is 16.6. The standard InChI is InChI=1S/C11H9NO5/c1-7(13)10(11(14)15)6-8-2-4-9(5-3-8)12(16)17/h2-6H,1H3,(H,14,15)/b10-6-. The van der Waals surface area contributed by atoms with Gasteiger partial charge in [-0.25, -0.2) is 4.79 Å². The fraction of sp³-hybridized carbons (Fsp3) is 0.0909. The predicted molar refractivity (Wildman–Crippen MR) is 59.4 cm³/mol. The molecule has 1 rings (SSSR count). The van der Waals surface area contributed by atoms with Crippen molar-refractivity contribution in [2.45, 2.75) is 6.92 Å². The number of benzene rings is 1. The van der Waals surface area contributed by atoms with Gasteiger partial charge < -0.3 is 5.11 Å². The Bertz CT molecular complexity index is 485. The van der Waals surface area contributed by atoms with Crippen LogP contribution in [0.25, 0.3) is 6.08 Å². The zero-order chi connectivity index (χ0) is 13.0. The molecule has 0 fully saturated rings. The van der Waals surface area contributed by atoms with Crippen LogP contribution in [-0.2, 0) is 9.59 Å². The molecule has 6 heteroatoms. The van der Waals surface area contributed by atoms with Crippen molar-refractivity contribution in [2.24, 2.45) is 0 Å². The van der Waals surface area contributed by atoms with E-state index < -0.39 is 16.7 Å². The van der Waals surface area contributed by atoms with Crippen LogP contribution in [0, 0.1) is 10.1 Å². The van der Waals surface area contributed by atoms with E-state index in [4.69, 9.17) is 5.11 Å². The first kappa shape index (κ1) is 12.6. The number of nitrogens with zero attached hydrogens (tertiary/aromatic N) is 1. The number of carbonyl (C=O) groups is 2. The first-order valence-corrected chi connectivity index (χ1v) is 4.62. The Hall–Kier alpha value is -2.50. The molecule has 1 N–H and O–H groups in total. The molecule has 0 saturated heterocycles. The topological polar surface area (TPSA) is 97.5 Å². The fourth-order valence-corrected chi connectivity index (χ4v) is 1.17. The summed E-state index contributed by atoms with van der Waals surface area (Å²) in [5, 5.41) is 19.1. The SMILES string of the molecule is CC(=O)/C(=C/c1ccc([N+](=O)[O-])cc1)C(=O)O. The van der Waals surface area contributed by atoms with E-state index in [0.29, 0.717) is 5.56 Å². The third-order valence-electron chi connectivity index (χ3n) is 2.02. The Morgan fingerprint density at radius 3 is 2.18 bits per heavy atom. The van der Waals surface area contributed by atoms with Crippen LogP contribution in [0.1, 0.15) is 12.5 Å². The van der Waals surface area contributed by atoms with Gasteiger partial charge in [0.05, 0.1) is 4.92 Å². The molecule has 0 spiro atoms. The van der Waals surface area contributed by atoms with Gasteiger partial charge in [-0.2, -0.15) is 0 Å². The third kappa shape index (κ3) is 3.23. The maximum absolute atomic E-state index is 11.0. The number of aliphatic carboxylic acids is 1. The Balaban J connectivity index is 3.09. The van der Waals surface area contributed by atoms with E-state index in [1.165, 1.54) is 30.3 Å². The van der Waals surface area contributed by atoms with Gasteiger partial charge in [-0.3, -0.25) is 14.9 Å². The minimum absolute atomic E-state index is 0.0955. The fourth-order valence-electron chi connectivity index (χ4n) is 1.17. The van der Waals surface area contributed by atoms with Crippen molar-refractivity contribution < 1.29 is 19.6 Å².